The monoisotopic (exact) mass is 431 g/mol. The fourth-order valence-electron chi connectivity index (χ4n) is 3.66. The van der Waals surface area contributed by atoms with Crippen LogP contribution in [-0.4, -0.2) is 66.9 Å². The van der Waals surface area contributed by atoms with Crippen LogP contribution in [-0.2, 0) is 4.74 Å². The predicted molar refractivity (Wildman–Crippen MR) is 118 cm³/mol. The number of urea groups is 1. The van der Waals surface area contributed by atoms with Crippen molar-refractivity contribution in [2.75, 3.05) is 49.1 Å². The van der Waals surface area contributed by atoms with Gasteiger partial charge in [-0.3, -0.25) is 4.90 Å². The van der Waals surface area contributed by atoms with E-state index in [1.165, 1.54) is 0 Å². The Morgan fingerprint density at radius 2 is 1.87 bits per heavy atom. The van der Waals surface area contributed by atoms with Crippen LogP contribution in [0.25, 0.3) is 10.9 Å². The van der Waals surface area contributed by atoms with Crippen LogP contribution < -0.4 is 15.1 Å². The van der Waals surface area contributed by atoms with Crippen LogP contribution in [0.2, 0.25) is 5.02 Å². The third-order valence-corrected chi connectivity index (χ3v) is 5.41. The number of carbonyl (C=O) groups excluding carboxylic acids is 2. The number of anilines is 2. The van der Waals surface area contributed by atoms with E-state index < -0.39 is 5.60 Å². The molecular weight excluding hydrogens is 406 g/mol. The van der Waals surface area contributed by atoms with Crippen molar-refractivity contribution in [3.05, 3.63) is 29.3 Å². The Kier molecular flexibility index (Phi) is 5.36. The molecule has 3 amide bonds. The third kappa shape index (κ3) is 4.23. The fourth-order valence-corrected chi connectivity index (χ4v) is 3.94. The maximum Gasteiger partial charge on any atom is 0.410 e. The summed E-state index contributed by atoms with van der Waals surface area (Å²) >= 11 is 6.56. The highest BCUT2D eigenvalue weighted by molar-refractivity contribution is 6.33. The normalized spacial score (nSPS) is 17.5. The summed E-state index contributed by atoms with van der Waals surface area (Å²) < 4.78 is 5.45. The molecule has 160 valence electrons. The lowest BCUT2D eigenvalue weighted by Gasteiger charge is -2.36. The maximum atomic E-state index is 12.3. The first-order valence-electron chi connectivity index (χ1n) is 10.1. The average molecular weight is 432 g/mol. The second-order valence-electron chi connectivity index (χ2n) is 8.51. The van der Waals surface area contributed by atoms with E-state index in [1.54, 1.807) is 9.80 Å². The number of rotatable bonds is 2. The minimum absolute atomic E-state index is 0.0899. The van der Waals surface area contributed by atoms with E-state index in [9.17, 15) is 9.59 Å². The number of benzene rings is 1. The number of nitrogens with zero attached hydrogens (tertiary/aromatic N) is 4. The molecule has 2 saturated heterocycles. The smallest absolute Gasteiger partial charge is 0.410 e. The molecule has 0 bridgehead atoms. The molecule has 2 fully saturated rings. The van der Waals surface area contributed by atoms with Gasteiger partial charge in [0.1, 0.15) is 11.4 Å². The summed E-state index contributed by atoms with van der Waals surface area (Å²) in [6.45, 7) is 9.23. The quantitative estimate of drug-likeness (QED) is 0.787. The average Bonchev–Trinajstić information content (AvgIpc) is 3.12. The molecule has 1 aromatic heterocycles. The van der Waals surface area contributed by atoms with E-state index in [1.807, 2.05) is 45.0 Å². The summed E-state index contributed by atoms with van der Waals surface area (Å²) in [5.41, 5.74) is 1.13. The molecule has 1 aromatic carbocycles. The Labute approximate surface area is 180 Å². The number of hydrogen-bond donors (Lipinski definition) is 1. The number of carbonyl (C=O) groups is 2. The molecule has 2 aliphatic heterocycles. The van der Waals surface area contributed by atoms with E-state index >= 15 is 0 Å². The van der Waals surface area contributed by atoms with E-state index in [0.29, 0.717) is 50.1 Å². The van der Waals surface area contributed by atoms with Gasteiger partial charge in [0.15, 0.2) is 0 Å². The van der Waals surface area contributed by atoms with Crippen molar-refractivity contribution in [1.82, 2.24) is 15.2 Å². The Morgan fingerprint density at radius 3 is 2.50 bits per heavy atom. The predicted octanol–water partition coefficient (Wildman–Crippen LogP) is 3.47. The molecule has 30 heavy (non-hydrogen) atoms. The van der Waals surface area contributed by atoms with Crippen molar-refractivity contribution in [3.8, 4) is 0 Å². The fraction of sp³-hybridized carbons (Fsp3) is 0.476. The molecule has 0 unspecified atom stereocenters. The molecule has 1 N–H and O–H groups in total. The van der Waals surface area contributed by atoms with E-state index in [2.05, 4.69) is 10.2 Å². The van der Waals surface area contributed by atoms with Crippen LogP contribution in [0.15, 0.2) is 24.3 Å². The number of piperazine rings is 1. The number of amides is 3. The van der Waals surface area contributed by atoms with Crippen LogP contribution >= 0.6 is 11.6 Å². The third-order valence-electron chi connectivity index (χ3n) is 5.13. The number of ether oxygens (including phenoxy) is 1. The zero-order chi connectivity index (χ0) is 21.5. The SMILES string of the molecule is CC(C)(C)OC(=O)N1CCN(c2nc3ccc(N4CCNC4=O)cc3cc2Cl)CC1. The highest BCUT2D eigenvalue weighted by atomic mass is 35.5. The zero-order valence-electron chi connectivity index (χ0n) is 17.4. The molecule has 0 atom stereocenters. The highest BCUT2D eigenvalue weighted by Gasteiger charge is 2.27. The van der Waals surface area contributed by atoms with Crippen molar-refractivity contribution in [1.29, 1.82) is 0 Å². The van der Waals surface area contributed by atoms with Gasteiger partial charge in [-0.25, -0.2) is 14.6 Å². The topological polar surface area (TPSA) is 78.0 Å². The molecule has 0 saturated carbocycles. The molecule has 9 heteroatoms. The zero-order valence-corrected chi connectivity index (χ0v) is 18.2. The number of fused-ring (bicyclic) bond motifs is 1. The van der Waals surface area contributed by atoms with Crippen molar-refractivity contribution in [2.24, 2.45) is 0 Å². The van der Waals surface area contributed by atoms with E-state index in [0.717, 1.165) is 16.6 Å². The van der Waals surface area contributed by atoms with Gasteiger partial charge in [0.2, 0.25) is 0 Å². The Balaban J connectivity index is 1.49. The summed E-state index contributed by atoms with van der Waals surface area (Å²) in [6.07, 6.45) is -0.293. The Morgan fingerprint density at radius 1 is 1.13 bits per heavy atom. The molecule has 0 radical (unpaired) electrons. The number of aromatic nitrogens is 1. The van der Waals surface area contributed by atoms with E-state index in [4.69, 9.17) is 21.3 Å². The Bertz CT molecular complexity index is 983. The number of pyridine rings is 1. The van der Waals surface area contributed by atoms with Gasteiger partial charge in [0, 0.05) is 50.3 Å². The summed E-state index contributed by atoms with van der Waals surface area (Å²) in [5.74, 6) is 0.708. The van der Waals surface area contributed by atoms with Gasteiger partial charge >= 0.3 is 12.1 Å². The summed E-state index contributed by atoms with van der Waals surface area (Å²) in [4.78, 5) is 34.5. The van der Waals surface area contributed by atoms with Gasteiger partial charge in [-0.1, -0.05) is 11.6 Å². The summed E-state index contributed by atoms with van der Waals surface area (Å²) in [5, 5.41) is 4.24. The standard InChI is InChI=1S/C21H26ClN5O3/c1-21(2,3)30-20(29)26-10-8-25(9-11-26)18-16(22)13-14-12-15(4-5-17(14)24-18)27-7-6-23-19(27)28/h4-5,12-13H,6-11H2,1-3H3,(H,23,28). The van der Waals surface area contributed by atoms with Crippen molar-refractivity contribution in [2.45, 2.75) is 26.4 Å². The highest BCUT2D eigenvalue weighted by Crippen LogP contribution is 2.31. The lowest BCUT2D eigenvalue weighted by Crippen LogP contribution is -2.50. The first-order chi connectivity index (χ1) is 14.2. The minimum Gasteiger partial charge on any atom is -0.444 e. The van der Waals surface area contributed by atoms with Gasteiger partial charge in [0.05, 0.1) is 10.5 Å². The molecule has 2 aromatic rings. The molecule has 2 aliphatic rings. The van der Waals surface area contributed by atoms with Crippen LogP contribution in [0.3, 0.4) is 0 Å². The van der Waals surface area contributed by atoms with Crippen molar-refractivity contribution < 1.29 is 14.3 Å². The number of halogens is 1. The number of hydrogen-bond acceptors (Lipinski definition) is 5. The van der Waals surface area contributed by atoms with Gasteiger partial charge in [-0.15, -0.1) is 0 Å². The Hall–Kier alpha value is -2.74. The lowest BCUT2D eigenvalue weighted by molar-refractivity contribution is 0.0240. The first kappa shape index (κ1) is 20.5. The molecule has 8 nitrogen and oxygen atoms in total. The summed E-state index contributed by atoms with van der Waals surface area (Å²) in [6, 6.07) is 7.54. The second kappa shape index (κ2) is 7.83. The maximum absolute atomic E-state index is 12.3. The molecule has 4 rings (SSSR count). The van der Waals surface area contributed by atoms with Crippen LogP contribution in [0.4, 0.5) is 21.1 Å². The minimum atomic E-state index is -0.508. The molecule has 0 aliphatic carbocycles. The van der Waals surface area contributed by atoms with Gasteiger partial charge < -0.3 is 19.9 Å². The molecule has 3 heterocycles. The van der Waals surface area contributed by atoms with Crippen LogP contribution in [0, 0.1) is 0 Å². The second-order valence-corrected chi connectivity index (χ2v) is 8.92. The van der Waals surface area contributed by atoms with E-state index in [-0.39, 0.29) is 12.1 Å². The van der Waals surface area contributed by atoms with Crippen LogP contribution in [0.1, 0.15) is 20.8 Å². The van der Waals surface area contributed by atoms with Crippen molar-refractivity contribution in [3.63, 3.8) is 0 Å². The largest absolute Gasteiger partial charge is 0.444 e. The van der Waals surface area contributed by atoms with Gasteiger partial charge in [-0.05, 0) is 45.0 Å². The lowest BCUT2D eigenvalue weighted by atomic mass is 10.1. The molecular formula is C21H26ClN5O3. The first-order valence-corrected chi connectivity index (χ1v) is 10.5. The summed E-state index contributed by atoms with van der Waals surface area (Å²) in [7, 11) is 0. The molecule has 0 spiro atoms. The number of nitrogens with one attached hydrogen (secondary N) is 1. The van der Waals surface area contributed by atoms with Gasteiger partial charge in [-0.2, -0.15) is 0 Å². The van der Waals surface area contributed by atoms with Gasteiger partial charge in [0.25, 0.3) is 0 Å². The van der Waals surface area contributed by atoms with Crippen molar-refractivity contribution >= 4 is 46.1 Å². The van der Waals surface area contributed by atoms with Crippen LogP contribution in [0.5, 0.6) is 0 Å².